The van der Waals surface area contributed by atoms with Crippen LogP contribution in [0.5, 0.6) is 0 Å². The fraction of sp³-hybridized carbons (Fsp3) is 0.636. The van der Waals surface area contributed by atoms with Crippen molar-refractivity contribution in [2.24, 2.45) is 5.92 Å². The van der Waals surface area contributed by atoms with E-state index in [1.165, 1.54) is 16.7 Å². The molecule has 0 spiro atoms. The Morgan fingerprint density at radius 1 is 1.18 bits per heavy atom. The summed E-state index contributed by atoms with van der Waals surface area (Å²) in [5.41, 5.74) is 4.23. The molecule has 0 heteroatoms. The normalized spacial score (nSPS) is 12.5. The highest BCUT2D eigenvalue weighted by Crippen LogP contribution is 2.19. The summed E-state index contributed by atoms with van der Waals surface area (Å²) in [6.07, 6.45) is 1.16. The second-order valence-corrected chi connectivity index (χ2v) is 3.73. The maximum atomic E-state index is 3.94. The van der Waals surface area contributed by atoms with Crippen molar-refractivity contribution in [3.05, 3.63) is 23.3 Å². The molecular formula is C11H20. The largest absolute Gasteiger partial charge is 0.0999 e. The number of allylic oxidation sites excluding steroid dienone is 3. The molecule has 0 saturated carbocycles. The quantitative estimate of drug-likeness (QED) is 0.537. The fourth-order valence-corrected chi connectivity index (χ4v) is 0.838. The first-order chi connectivity index (χ1) is 4.95. The highest BCUT2D eigenvalue weighted by atomic mass is 14.1. The molecule has 0 aromatic carbocycles. The first-order valence-electron chi connectivity index (χ1n) is 4.23. The minimum Gasteiger partial charge on any atom is -0.0999 e. The Bertz CT molecular complexity index is 168. The predicted octanol–water partition coefficient (Wildman–Crippen LogP) is 3.95. The van der Waals surface area contributed by atoms with E-state index in [1.807, 2.05) is 0 Å². The maximum absolute atomic E-state index is 3.94. The first kappa shape index (κ1) is 10.5. The number of rotatable bonds is 3. The maximum Gasteiger partial charge on any atom is -0.0200 e. The zero-order valence-electron chi connectivity index (χ0n) is 8.49. The average molecular weight is 152 g/mol. The van der Waals surface area contributed by atoms with Crippen LogP contribution in [-0.4, -0.2) is 0 Å². The third-order valence-corrected chi connectivity index (χ3v) is 2.31. The molecule has 0 nitrogen and oxygen atoms in total. The molecule has 0 heterocycles. The molecule has 0 saturated heterocycles. The van der Waals surface area contributed by atoms with Gasteiger partial charge in [0, 0.05) is 0 Å². The van der Waals surface area contributed by atoms with Crippen LogP contribution < -0.4 is 0 Å². The second-order valence-electron chi connectivity index (χ2n) is 3.73. The molecule has 0 rings (SSSR count). The van der Waals surface area contributed by atoms with Crippen LogP contribution >= 0.6 is 0 Å². The summed E-state index contributed by atoms with van der Waals surface area (Å²) in [7, 11) is 0. The molecular weight excluding hydrogens is 132 g/mol. The van der Waals surface area contributed by atoms with Crippen molar-refractivity contribution in [3.8, 4) is 0 Å². The highest BCUT2D eigenvalue weighted by molar-refractivity contribution is 5.10. The standard InChI is InChI=1S/C11H20/c1-8(2)10(5)7-11(6)9(3)4/h10H,1,7H2,2-6H3. The first-order valence-corrected chi connectivity index (χ1v) is 4.23. The van der Waals surface area contributed by atoms with Gasteiger partial charge in [-0.15, -0.1) is 0 Å². The van der Waals surface area contributed by atoms with Crippen molar-refractivity contribution in [1.82, 2.24) is 0 Å². The smallest absolute Gasteiger partial charge is 0.0200 e. The lowest BCUT2D eigenvalue weighted by Gasteiger charge is -2.12. The molecule has 0 aliphatic rings. The molecule has 11 heavy (non-hydrogen) atoms. The van der Waals surface area contributed by atoms with Gasteiger partial charge in [0.25, 0.3) is 0 Å². The molecule has 0 N–H and O–H groups in total. The van der Waals surface area contributed by atoms with E-state index in [2.05, 4.69) is 41.2 Å². The number of hydrogen-bond acceptors (Lipinski definition) is 0. The molecule has 0 aromatic rings. The van der Waals surface area contributed by atoms with E-state index < -0.39 is 0 Å². The molecule has 0 radical (unpaired) electrons. The van der Waals surface area contributed by atoms with Crippen molar-refractivity contribution in [2.75, 3.05) is 0 Å². The number of hydrogen-bond donors (Lipinski definition) is 0. The summed E-state index contributed by atoms with van der Waals surface area (Å²) in [5, 5.41) is 0. The van der Waals surface area contributed by atoms with Gasteiger partial charge in [0.05, 0.1) is 0 Å². The molecule has 1 unspecified atom stereocenters. The topological polar surface area (TPSA) is 0 Å². The van der Waals surface area contributed by atoms with Crippen molar-refractivity contribution in [1.29, 1.82) is 0 Å². The van der Waals surface area contributed by atoms with E-state index in [-0.39, 0.29) is 0 Å². The minimum absolute atomic E-state index is 0.630. The van der Waals surface area contributed by atoms with Crippen LogP contribution in [0.15, 0.2) is 23.3 Å². The molecule has 64 valence electrons. The van der Waals surface area contributed by atoms with E-state index in [4.69, 9.17) is 0 Å². The third kappa shape index (κ3) is 4.02. The highest BCUT2D eigenvalue weighted by Gasteiger charge is 2.03. The zero-order chi connectivity index (χ0) is 9.02. The van der Waals surface area contributed by atoms with Crippen LogP contribution in [0.25, 0.3) is 0 Å². The molecule has 0 aromatic heterocycles. The van der Waals surface area contributed by atoms with E-state index >= 15 is 0 Å². The van der Waals surface area contributed by atoms with Crippen LogP contribution in [0.1, 0.15) is 41.0 Å². The average Bonchev–Trinajstić information content (AvgIpc) is 1.87. The summed E-state index contributed by atoms with van der Waals surface area (Å²) >= 11 is 0. The molecule has 1 atom stereocenters. The molecule has 0 fully saturated rings. The van der Waals surface area contributed by atoms with E-state index in [1.54, 1.807) is 0 Å². The lowest BCUT2D eigenvalue weighted by atomic mass is 9.94. The van der Waals surface area contributed by atoms with Gasteiger partial charge in [-0.3, -0.25) is 0 Å². The van der Waals surface area contributed by atoms with Crippen LogP contribution in [0, 0.1) is 5.92 Å². The summed E-state index contributed by atoms with van der Waals surface area (Å²) in [6, 6.07) is 0. The molecule has 0 amide bonds. The molecule has 0 bridgehead atoms. The Labute approximate surface area is 71.0 Å². The van der Waals surface area contributed by atoms with Gasteiger partial charge < -0.3 is 0 Å². The Morgan fingerprint density at radius 2 is 1.64 bits per heavy atom. The van der Waals surface area contributed by atoms with Gasteiger partial charge in [0.15, 0.2) is 0 Å². The lowest BCUT2D eigenvalue weighted by Crippen LogP contribution is -1.96. The SMILES string of the molecule is C=C(C)C(C)CC(C)=C(C)C. The Morgan fingerprint density at radius 3 is 1.91 bits per heavy atom. The Hall–Kier alpha value is -0.520. The molecule has 0 aliphatic carbocycles. The Balaban J connectivity index is 4.06. The van der Waals surface area contributed by atoms with Crippen LogP contribution in [0.3, 0.4) is 0 Å². The van der Waals surface area contributed by atoms with Gasteiger partial charge in [-0.2, -0.15) is 0 Å². The van der Waals surface area contributed by atoms with E-state index in [0.717, 1.165) is 6.42 Å². The molecule has 0 aliphatic heterocycles. The van der Waals surface area contributed by atoms with Gasteiger partial charge in [-0.25, -0.2) is 0 Å². The van der Waals surface area contributed by atoms with Crippen molar-refractivity contribution < 1.29 is 0 Å². The van der Waals surface area contributed by atoms with E-state index in [9.17, 15) is 0 Å². The van der Waals surface area contributed by atoms with Crippen LogP contribution in [0.2, 0.25) is 0 Å². The monoisotopic (exact) mass is 152 g/mol. The summed E-state index contributed by atoms with van der Waals surface area (Å²) in [5.74, 6) is 0.630. The van der Waals surface area contributed by atoms with Crippen molar-refractivity contribution in [2.45, 2.75) is 41.0 Å². The van der Waals surface area contributed by atoms with Crippen molar-refractivity contribution in [3.63, 3.8) is 0 Å². The van der Waals surface area contributed by atoms with Gasteiger partial charge in [-0.05, 0) is 40.0 Å². The van der Waals surface area contributed by atoms with Gasteiger partial charge in [-0.1, -0.05) is 30.2 Å². The lowest BCUT2D eigenvalue weighted by molar-refractivity contribution is 0.670. The summed E-state index contributed by atoms with van der Waals surface area (Å²) in [6.45, 7) is 14.8. The fourth-order valence-electron chi connectivity index (χ4n) is 0.838. The zero-order valence-corrected chi connectivity index (χ0v) is 8.49. The van der Waals surface area contributed by atoms with Crippen LogP contribution in [0.4, 0.5) is 0 Å². The van der Waals surface area contributed by atoms with Gasteiger partial charge in [0.2, 0.25) is 0 Å². The van der Waals surface area contributed by atoms with E-state index in [0.29, 0.717) is 5.92 Å². The summed E-state index contributed by atoms with van der Waals surface area (Å²) < 4.78 is 0. The van der Waals surface area contributed by atoms with Gasteiger partial charge >= 0.3 is 0 Å². The Kier molecular flexibility index (Phi) is 4.17. The third-order valence-electron chi connectivity index (χ3n) is 2.31. The minimum atomic E-state index is 0.630. The second kappa shape index (κ2) is 4.38. The summed E-state index contributed by atoms with van der Waals surface area (Å²) in [4.78, 5) is 0. The van der Waals surface area contributed by atoms with Crippen molar-refractivity contribution >= 4 is 0 Å². The predicted molar refractivity (Wildman–Crippen MR) is 52.6 cm³/mol. The van der Waals surface area contributed by atoms with Crippen LogP contribution in [-0.2, 0) is 0 Å². The van der Waals surface area contributed by atoms with Gasteiger partial charge in [0.1, 0.15) is 0 Å².